The summed E-state index contributed by atoms with van der Waals surface area (Å²) >= 11 is 0. The number of nitrogens with one attached hydrogen (secondary N) is 1. The van der Waals surface area contributed by atoms with Gasteiger partial charge in [-0.25, -0.2) is 12.7 Å². The highest BCUT2D eigenvalue weighted by Gasteiger charge is 2.34. The smallest absolute Gasteiger partial charge is 0.267 e. The normalized spacial score (nSPS) is 19.9. The lowest BCUT2D eigenvalue weighted by molar-refractivity contribution is 0.0822. The number of hydrogen-bond acceptors (Lipinski definition) is 3. The molecule has 1 atom stereocenters. The molecule has 0 fully saturated rings. The van der Waals surface area contributed by atoms with E-state index in [1.54, 1.807) is 12.1 Å². The standard InChI is InChI=1S/C12H14FN3O2S/c1-9-3-5-10(6-4-9)19(17,18)16-8-7-11(14)15(2)12(16)13/h3-8,12,14H,1-2H3. The van der Waals surface area contributed by atoms with E-state index in [0.717, 1.165) is 16.7 Å². The van der Waals surface area contributed by atoms with E-state index in [0.29, 0.717) is 4.31 Å². The third kappa shape index (κ3) is 2.33. The van der Waals surface area contributed by atoms with Crippen molar-refractivity contribution in [3.63, 3.8) is 0 Å². The van der Waals surface area contributed by atoms with E-state index in [9.17, 15) is 12.8 Å². The number of alkyl halides is 1. The van der Waals surface area contributed by atoms with Gasteiger partial charge in [0.1, 0.15) is 5.84 Å². The molecule has 0 bridgehead atoms. The van der Waals surface area contributed by atoms with Crippen molar-refractivity contribution in [2.24, 2.45) is 0 Å². The first-order chi connectivity index (χ1) is 8.84. The Morgan fingerprint density at radius 2 is 1.84 bits per heavy atom. The zero-order valence-corrected chi connectivity index (χ0v) is 11.4. The lowest BCUT2D eigenvalue weighted by Gasteiger charge is -2.34. The van der Waals surface area contributed by atoms with Crippen molar-refractivity contribution in [2.45, 2.75) is 18.2 Å². The molecule has 102 valence electrons. The van der Waals surface area contributed by atoms with Crippen LogP contribution >= 0.6 is 0 Å². The largest absolute Gasteiger partial charge is 0.312 e. The van der Waals surface area contributed by atoms with Crippen LogP contribution in [-0.4, -0.2) is 36.9 Å². The molecular weight excluding hydrogens is 269 g/mol. The van der Waals surface area contributed by atoms with Gasteiger partial charge in [-0.1, -0.05) is 17.7 Å². The van der Waals surface area contributed by atoms with Crippen LogP contribution in [0, 0.1) is 12.3 Å². The van der Waals surface area contributed by atoms with Gasteiger partial charge in [-0.05, 0) is 25.1 Å². The van der Waals surface area contributed by atoms with Crippen LogP contribution in [0.1, 0.15) is 5.56 Å². The highest BCUT2D eigenvalue weighted by molar-refractivity contribution is 7.89. The lowest BCUT2D eigenvalue weighted by atomic mass is 10.2. The third-order valence-electron chi connectivity index (χ3n) is 2.89. The molecule has 0 radical (unpaired) electrons. The fourth-order valence-corrected chi connectivity index (χ4v) is 2.96. The quantitative estimate of drug-likeness (QED) is 0.840. The van der Waals surface area contributed by atoms with Gasteiger partial charge < -0.3 is 4.90 Å². The van der Waals surface area contributed by atoms with E-state index in [-0.39, 0.29) is 10.7 Å². The van der Waals surface area contributed by atoms with E-state index in [1.807, 2.05) is 6.92 Å². The Hall–Kier alpha value is -1.89. The molecule has 19 heavy (non-hydrogen) atoms. The summed E-state index contributed by atoms with van der Waals surface area (Å²) in [6.45, 7) is 1.84. The van der Waals surface area contributed by atoms with Crippen molar-refractivity contribution < 1.29 is 12.8 Å². The molecular formula is C12H14FN3O2S. The van der Waals surface area contributed by atoms with E-state index in [4.69, 9.17) is 5.41 Å². The molecule has 0 aromatic heterocycles. The number of rotatable bonds is 2. The van der Waals surface area contributed by atoms with Gasteiger partial charge in [-0.2, -0.15) is 4.39 Å². The van der Waals surface area contributed by atoms with Crippen LogP contribution in [-0.2, 0) is 10.0 Å². The number of halogens is 1. The predicted octanol–water partition coefficient (Wildman–Crippen LogP) is 1.68. The molecule has 1 heterocycles. The summed E-state index contributed by atoms with van der Waals surface area (Å²) in [6, 6.07) is 6.18. The SMILES string of the molecule is Cc1ccc(S(=O)(=O)N2C=CC(=N)N(C)C2F)cc1. The summed E-state index contributed by atoms with van der Waals surface area (Å²) in [5.74, 6) is -0.0807. The average molecular weight is 283 g/mol. The van der Waals surface area contributed by atoms with Crippen LogP contribution in [0.5, 0.6) is 0 Å². The zero-order chi connectivity index (χ0) is 14.2. The Morgan fingerprint density at radius 3 is 2.42 bits per heavy atom. The Balaban J connectivity index is 2.43. The first-order valence-corrected chi connectivity index (χ1v) is 7.02. The van der Waals surface area contributed by atoms with E-state index in [2.05, 4.69) is 0 Å². The van der Waals surface area contributed by atoms with Crippen molar-refractivity contribution in [2.75, 3.05) is 7.05 Å². The number of nitrogens with zero attached hydrogens (tertiary/aromatic N) is 2. The van der Waals surface area contributed by atoms with Gasteiger partial charge in [0.2, 0.25) is 0 Å². The van der Waals surface area contributed by atoms with Gasteiger partial charge in [0.15, 0.2) is 0 Å². The molecule has 0 spiro atoms. The third-order valence-corrected chi connectivity index (χ3v) is 4.60. The van der Waals surface area contributed by atoms with E-state index in [1.165, 1.54) is 25.3 Å². The van der Waals surface area contributed by atoms with E-state index < -0.39 is 16.4 Å². The van der Waals surface area contributed by atoms with E-state index >= 15 is 0 Å². The number of hydrogen-bond donors (Lipinski definition) is 1. The molecule has 0 saturated carbocycles. The summed E-state index contributed by atoms with van der Waals surface area (Å²) in [7, 11) is -2.62. The Labute approximate surface area is 111 Å². The van der Waals surface area contributed by atoms with Crippen LogP contribution in [0.15, 0.2) is 41.4 Å². The monoisotopic (exact) mass is 283 g/mol. The highest BCUT2D eigenvalue weighted by Crippen LogP contribution is 2.23. The molecule has 0 aliphatic carbocycles. The van der Waals surface area contributed by atoms with Gasteiger partial charge >= 0.3 is 0 Å². The summed E-state index contributed by atoms with van der Waals surface area (Å²) in [6.07, 6.45) is 0.396. The number of sulfonamides is 1. The zero-order valence-electron chi connectivity index (χ0n) is 10.5. The Bertz CT molecular complexity index is 625. The summed E-state index contributed by atoms with van der Waals surface area (Å²) < 4.78 is 39.2. The Morgan fingerprint density at radius 1 is 1.26 bits per heavy atom. The molecule has 5 nitrogen and oxygen atoms in total. The molecule has 1 N–H and O–H groups in total. The van der Waals surface area contributed by atoms with Crippen LogP contribution < -0.4 is 0 Å². The molecule has 1 unspecified atom stereocenters. The topological polar surface area (TPSA) is 64.5 Å². The molecule has 1 aromatic carbocycles. The first-order valence-electron chi connectivity index (χ1n) is 5.58. The van der Waals surface area contributed by atoms with Gasteiger partial charge in [-0.3, -0.25) is 5.41 Å². The fraction of sp³-hybridized carbons (Fsp3) is 0.250. The van der Waals surface area contributed by atoms with Crippen LogP contribution in [0.2, 0.25) is 0 Å². The molecule has 0 amide bonds. The lowest BCUT2D eigenvalue weighted by Crippen LogP contribution is -2.48. The molecule has 1 aromatic rings. The van der Waals surface area contributed by atoms with Crippen LogP contribution in [0.4, 0.5) is 4.39 Å². The Kier molecular flexibility index (Phi) is 3.32. The molecule has 2 rings (SSSR count). The van der Waals surface area contributed by atoms with Crippen LogP contribution in [0.3, 0.4) is 0 Å². The average Bonchev–Trinajstić information content (AvgIpc) is 2.36. The number of aryl methyl sites for hydroxylation is 1. The summed E-state index contributed by atoms with van der Waals surface area (Å²) in [4.78, 5) is 0.957. The number of amidine groups is 1. The van der Waals surface area contributed by atoms with Crippen molar-refractivity contribution in [3.8, 4) is 0 Å². The molecule has 1 aliphatic heterocycles. The highest BCUT2D eigenvalue weighted by atomic mass is 32.2. The maximum Gasteiger partial charge on any atom is 0.267 e. The second-order valence-corrected chi connectivity index (χ2v) is 6.11. The van der Waals surface area contributed by atoms with Gasteiger partial charge in [-0.15, -0.1) is 0 Å². The van der Waals surface area contributed by atoms with Gasteiger partial charge in [0.25, 0.3) is 16.4 Å². The van der Waals surface area contributed by atoms with Crippen molar-refractivity contribution in [1.82, 2.24) is 9.21 Å². The fourth-order valence-electron chi connectivity index (χ4n) is 1.64. The minimum atomic E-state index is -3.95. The number of benzene rings is 1. The van der Waals surface area contributed by atoms with Crippen molar-refractivity contribution in [3.05, 3.63) is 42.1 Å². The second kappa shape index (κ2) is 4.65. The maximum absolute atomic E-state index is 14.0. The first kappa shape index (κ1) is 13.5. The summed E-state index contributed by atoms with van der Waals surface area (Å²) in [5, 5.41) is 7.43. The number of likely N-dealkylation sites (N-methyl/N-ethyl adjacent to an activating group) is 1. The molecule has 0 saturated heterocycles. The second-order valence-electron chi connectivity index (χ2n) is 4.27. The van der Waals surface area contributed by atoms with Crippen molar-refractivity contribution >= 4 is 15.9 Å². The molecule has 7 heteroatoms. The van der Waals surface area contributed by atoms with Gasteiger partial charge in [0, 0.05) is 13.2 Å². The van der Waals surface area contributed by atoms with Crippen LogP contribution in [0.25, 0.3) is 0 Å². The predicted molar refractivity (Wildman–Crippen MR) is 69.7 cm³/mol. The minimum Gasteiger partial charge on any atom is -0.312 e. The minimum absolute atomic E-state index is 0.0206. The van der Waals surface area contributed by atoms with Gasteiger partial charge in [0.05, 0.1) is 4.90 Å². The molecule has 1 aliphatic rings. The summed E-state index contributed by atoms with van der Waals surface area (Å²) in [5.41, 5.74) is 0.920. The maximum atomic E-state index is 14.0. The van der Waals surface area contributed by atoms with Crippen molar-refractivity contribution in [1.29, 1.82) is 5.41 Å².